The van der Waals surface area contributed by atoms with Gasteiger partial charge >= 0.3 is 5.69 Å². The Balaban J connectivity index is 2.13. The number of nitro benzene ring substituents is 1. The zero-order valence-electron chi connectivity index (χ0n) is 9.85. The van der Waals surface area contributed by atoms with E-state index in [0.717, 1.165) is 12.1 Å². The van der Waals surface area contributed by atoms with E-state index in [0.29, 0.717) is 10.7 Å². The molecule has 0 saturated carbocycles. The molecule has 0 bridgehead atoms. The molecule has 2 rings (SSSR count). The van der Waals surface area contributed by atoms with Gasteiger partial charge in [0.25, 0.3) is 0 Å². The minimum Gasteiger partial charge on any atom is -0.487 e. The van der Waals surface area contributed by atoms with Gasteiger partial charge in [-0.25, -0.2) is 4.98 Å². The van der Waals surface area contributed by atoms with E-state index >= 15 is 0 Å². The number of hydrogen-bond donors (Lipinski definition) is 0. The highest BCUT2D eigenvalue weighted by atomic mass is 35.5. The van der Waals surface area contributed by atoms with Crippen molar-refractivity contribution in [2.24, 2.45) is 0 Å². The summed E-state index contributed by atoms with van der Waals surface area (Å²) in [6.45, 7) is -0.0311. The lowest BCUT2D eigenvalue weighted by atomic mass is 10.3. The lowest BCUT2D eigenvalue weighted by Crippen LogP contribution is -2.00. The van der Waals surface area contributed by atoms with E-state index in [1.807, 2.05) is 0 Å². The Labute approximate surface area is 123 Å². The molecule has 0 radical (unpaired) electrons. The first-order chi connectivity index (χ1) is 9.47. The number of hydrogen-bond acceptors (Lipinski definition) is 4. The number of pyridine rings is 1. The summed E-state index contributed by atoms with van der Waals surface area (Å²) in [7, 11) is 0. The zero-order valence-corrected chi connectivity index (χ0v) is 11.4. The molecular formula is C12H7Cl2FN2O3. The molecule has 0 aliphatic carbocycles. The molecule has 0 aliphatic heterocycles. The molecule has 0 spiro atoms. The molecule has 2 aromatic rings. The van der Waals surface area contributed by atoms with Crippen LogP contribution in [0.15, 0.2) is 30.3 Å². The summed E-state index contributed by atoms with van der Waals surface area (Å²) in [4.78, 5) is 13.6. The Bertz CT molecular complexity index is 667. The Morgan fingerprint density at radius 1 is 1.30 bits per heavy atom. The molecular weight excluding hydrogens is 310 g/mol. The summed E-state index contributed by atoms with van der Waals surface area (Å²) in [5, 5.41) is 11.1. The fourth-order valence-corrected chi connectivity index (χ4v) is 1.76. The van der Waals surface area contributed by atoms with Gasteiger partial charge in [0.1, 0.15) is 17.5 Å². The summed E-state index contributed by atoms with van der Waals surface area (Å²) in [5.74, 6) is -0.844. The molecule has 1 aromatic carbocycles. The number of nitrogens with zero attached hydrogens (tertiary/aromatic N) is 2. The predicted molar refractivity (Wildman–Crippen MR) is 71.6 cm³/mol. The van der Waals surface area contributed by atoms with E-state index < -0.39 is 16.4 Å². The van der Waals surface area contributed by atoms with Crippen molar-refractivity contribution in [3.63, 3.8) is 0 Å². The van der Waals surface area contributed by atoms with E-state index in [1.165, 1.54) is 12.1 Å². The molecule has 5 nitrogen and oxygen atoms in total. The molecule has 0 N–H and O–H groups in total. The first kappa shape index (κ1) is 14.5. The summed E-state index contributed by atoms with van der Waals surface area (Å²) in [5.41, 5.74) is -0.228. The lowest BCUT2D eigenvalue weighted by Gasteiger charge is -2.07. The monoisotopic (exact) mass is 316 g/mol. The van der Waals surface area contributed by atoms with Gasteiger partial charge in [-0.1, -0.05) is 23.2 Å². The molecule has 1 heterocycles. The molecule has 8 heteroatoms. The first-order valence-corrected chi connectivity index (χ1v) is 6.10. The van der Waals surface area contributed by atoms with E-state index in [-0.39, 0.29) is 17.5 Å². The fourth-order valence-electron chi connectivity index (χ4n) is 1.44. The lowest BCUT2D eigenvalue weighted by molar-refractivity contribution is -0.387. The number of benzene rings is 1. The molecule has 0 amide bonds. The highest BCUT2D eigenvalue weighted by Gasteiger charge is 2.14. The van der Waals surface area contributed by atoms with E-state index in [4.69, 9.17) is 27.9 Å². The second-order valence-corrected chi connectivity index (χ2v) is 4.52. The van der Waals surface area contributed by atoms with E-state index in [1.54, 1.807) is 6.07 Å². The Kier molecular flexibility index (Phi) is 4.36. The van der Waals surface area contributed by atoms with Gasteiger partial charge in [0.05, 0.1) is 15.6 Å². The number of halogens is 3. The first-order valence-electron chi connectivity index (χ1n) is 5.35. The van der Waals surface area contributed by atoms with Crippen LogP contribution < -0.4 is 4.74 Å². The normalized spacial score (nSPS) is 10.3. The maximum atomic E-state index is 13.4. The SMILES string of the molecule is O=[N+]([O-])c1ccc(OCc2nc(Cl)ccc2Cl)cc1F. The third-order valence-corrected chi connectivity index (χ3v) is 2.93. The van der Waals surface area contributed by atoms with Gasteiger partial charge in [-0.3, -0.25) is 10.1 Å². The van der Waals surface area contributed by atoms with Gasteiger partial charge in [0.15, 0.2) is 0 Å². The van der Waals surface area contributed by atoms with Gasteiger partial charge in [-0.05, 0) is 18.2 Å². The van der Waals surface area contributed by atoms with E-state index in [2.05, 4.69) is 4.98 Å². The van der Waals surface area contributed by atoms with Crippen LogP contribution >= 0.6 is 23.2 Å². The zero-order chi connectivity index (χ0) is 14.7. The smallest absolute Gasteiger partial charge is 0.305 e. The summed E-state index contributed by atoms with van der Waals surface area (Å²) < 4.78 is 18.7. The van der Waals surface area contributed by atoms with Crippen molar-refractivity contribution in [2.45, 2.75) is 6.61 Å². The Hall–Kier alpha value is -1.92. The van der Waals surface area contributed by atoms with Gasteiger partial charge in [-0.15, -0.1) is 0 Å². The largest absolute Gasteiger partial charge is 0.487 e. The topological polar surface area (TPSA) is 65.3 Å². The van der Waals surface area contributed by atoms with Crippen LogP contribution in [0, 0.1) is 15.9 Å². The summed E-state index contributed by atoms with van der Waals surface area (Å²) in [6.07, 6.45) is 0. The molecule has 0 fully saturated rings. The second-order valence-electron chi connectivity index (χ2n) is 3.72. The van der Waals surface area contributed by atoms with Crippen LogP contribution in [-0.4, -0.2) is 9.91 Å². The van der Waals surface area contributed by atoms with Gasteiger partial charge in [0, 0.05) is 12.1 Å². The number of aromatic nitrogens is 1. The average Bonchev–Trinajstić information content (AvgIpc) is 2.39. The van der Waals surface area contributed by atoms with Crippen LogP contribution in [0.3, 0.4) is 0 Å². The minimum absolute atomic E-state index is 0.0311. The van der Waals surface area contributed by atoms with Gasteiger partial charge in [0.2, 0.25) is 5.82 Å². The van der Waals surface area contributed by atoms with Crippen LogP contribution in [0.2, 0.25) is 10.2 Å². The van der Waals surface area contributed by atoms with Crippen LogP contribution in [0.1, 0.15) is 5.69 Å². The molecule has 104 valence electrons. The number of ether oxygens (including phenoxy) is 1. The van der Waals surface area contributed by atoms with Gasteiger partial charge < -0.3 is 4.74 Å². The highest BCUT2D eigenvalue weighted by Crippen LogP contribution is 2.24. The van der Waals surface area contributed by atoms with Crippen LogP contribution in [0.25, 0.3) is 0 Å². The van der Waals surface area contributed by atoms with E-state index in [9.17, 15) is 14.5 Å². The second kappa shape index (κ2) is 6.02. The van der Waals surface area contributed by atoms with Crippen molar-refractivity contribution in [3.05, 3.63) is 62.1 Å². The maximum Gasteiger partial charge on any atom is 0.305 e. The number of nitro groups is 1. The van der Waals surface area contributed by atoms with Crippen LogP contribution in [0.4, 0.5) is 10.1 Å². The van der Waals surface area contributed by atoms with Crippen LogP contribution in [0.5, 0.6) is 5.75 Å². The predicted octanol–water partition coefficient (Wildman–Crippen LogP) is 4.01. The van der Waals surface area contributed by atoms with Crippen molar-refractivity contribution in [1.82, 2.24) is 4.98 Å². The third kappa shape index (κ3) is 3.34. The van der Waals surface area contributed by atoms with Crippen molar-refractivity contribution in [2.75, 3.05) is 0 Å². The molecule has 20 heavy (non-hydrogen) atoms. The molecule has 0 unspecified atom stereocenters. The fraction of sp³-hybridized carbons (Fsp3) is 0.0833. The third-order valence-electron chi connectivity index (χ3n) is 2.38. The van der Waals surface area contributed by atoms with Crippen molar-refractivity contribution >= 4 is 28.9 Å². The molecule has 0 saturated heterocycles. The Morgan fingerprint density at radius 3 is 2.70 bits per heavy atom. The van der Waals surface area contributed by atoms with Crippen LogP contribution in [-0.2, 0) is 6.61 Å². The van der Waals surface area contributed by atoms with Crippen molar-refractivity contribution < 1.29 is 14.1 Å². The Morgan fingerprint density at radius 2 is 2.05 bits per heavy atom. The maximum absolute atomic E-state index is 13.4. The quantitative estimate of drug-likeness (QED) is 0.485. The molecule has 0 aliphatic rings. The highest BCUT2D eigenvalue weighted by molar-refractivity contribution is 6.32. The van der Waals surface area contributed by atoms with Gasteiger partial charge in [-0.2, -0.15) is 4.39 Å². The minimum atomic E-state index is -0.974. The number of rotatable bonds is 4. The van der Waals surface area contributed by atoms with Crippen molar-refractivity contribution in [3.8, 4) is 5.75 Å². The standard InChI is InChI=1S/C12H7Cl2FN2O3/c13-8-2-4-12(14)16-10(8)6-20-7-1-3-11(17(18)19)9(15)5-7/h1-5H,6H2. The molecule has 0 atom stereocenters. The average molecular weight is 317 g/mol. The summed E-state index contributed by atoms with van der Waals surface area (Å²) >= 11 is 11.6. The van der Waals surface area contributed by atoms with Crippen molar-refractivity contribution in [1.29, 1.82) is 0 Å². The molecule has 1 aromatic heterocycles. The summed E-state index contributed by atoms with van der Waals surface area (Å²) in [6, 6.07) is 6.33.